The second-order valence-corrected chi connectivity index (χ2v) is 12.0. The summed E-state index contributed by atoms with van der Waals surface area (Å²) in [4.78, 5) is 70.1. The Hall–Kier alpha value is -5.05. The van der Waals surface area contributed by atoms with Gasteiger partial charge in [0.15, 0.2) is 11.5 Å². The zero-order valence-electron chi connectivity index (χ0n) is 27.3. The fourth-order valence-electron chi connectivity index (χ4n) is 5.42. The summed E-state index contributed by atoms with van der Waals surface area (Å²) in [5, 5.41) is 19.2. The van der Waals surface area contributed by atoms with Crippen molar-refractivity contribution in [3.05, 3.63) is 65.6 Å². The third-order valence-corrected chi connectivity index (χ3v) is 7.79. The summed E-state index contributed by atoms with van der Waals surface area (Å²) in [5.41, 5.74) is 0.619. The number of rotatable bonds is 4. The highest BCUT2D eigenvalue weighted by Crippen LogP contribution is 2.26. The summed E-state index contributed by atoms with van der Waals surface area (Å²) in [7, 11) is 0. The maximum atomic E-state index is 13.6. The number of nitrogens with zero attached hydrogens (tertiary/aromatic N) is 3. The predicted molar refractivity (Wildman–Crippen MR) is 169 cm³/mol. The van der Waals surface area contributed by atoms with E-state index in [0.29, 0.717) is 24.2 Å². The van der Waals surface area contributed by atoms with Gasteiger partial charge in [-0.05, 0) is 32.8 Å². The number of amides is 3. The maximum absolute atomic E-state index is 13.6. The van der Waals surface area contributed by atoms with E-state index in [4.69, 9.17) is 18.4 Å². The first-order valence-corrected chi connectivity index (χ1v) is 15.7. The van der Waals surface area contributed by atoms with Crippen LogP contribution in [-0.4, -0.2) is 87.8 Å². The number of esters is 1. The second kappa shape index (κ2) is 16.7. The van der Waals surface area contributed by atoms with E-state index in [9.17, 15) is 29.1 Å². The lowest BCUT2D eigenvalue weighted by molar-refractivity contribution is -0.159. The molecule has 48 heavy (non-hydrogen) atoms. The maximum Gasteiger partial charge on any atom is 0.412 e. The number of hydrogen-bond donors (Lipinski definition) is 3. The molecule has 1 saturated heterocycles. The predicted octanol–water partition coefficient (Wildman–Crippen LogP) is 3.06. The third kappa shape index (κ3) is 10.2. The number of cyclic esters (lactones) is 1. The van der Waals surface area contributed by atoms with Crippen LogP contribution >= 0.6 is 0 Å². The minimum absolute atomic E-state index is 0.0147. The largest absolute Gasteiger partial charge is 0.460 e. The van der Waals surface area contributed by atoms with Crippen molar-refractivity contribution in [1.82, 2.24) is 20.4 Å². The minimum atomic E-state index is -1.05. The number of oxazole rings is 1. The van der Waals surface area contributed by atoms with Crippen molar-refractivity contribution >= 4 is 35.5 Å². The number of carbonyl (C=O) groups is 5. The molecular formula is C33H41N5O10. The topological polar surface area (TPSA) is 203 Å². The van der Waals surface area contributed by atoms with E-state index in [0.717, 1.165) is 6.26 Å². The number of ether oxygens (including phenoxy) is 2. The number of fused-ring (bicyclic) bond motifs is 3. The standard InChI is InChI=1S/C33H41N5O10/c1-19-7-5-11-34-28(41)10-9-20(2)30(21(3)17-46-33(44)36-27-14-22(4)48-37-27)47-32(43)26-8-6-12-38(26)31(42)25-18-45-29(35-25)16-24(40)15-23(39)13-19/h5,7,9-10,13-14,18,20-21,23,26,30,39H,6,8,11-12,15-17H2,1-4H3,(H,34,41)(H,36,37,44)/b7-5+,10-9+,19-13+/t20-,21-,23-,26-,30+/m1/s1. The number of hydrogen-bond acceptors (Lipinski definition) is 12. The number of ketones is 1. The fraction of sp³-hybridized carbons (Fsp3) is 0.485. The molecule has 2 aromatic heterocycles. The van der Waals surface area contributed by atoms with Gasteiger partial charge in [0.25, 0.3) is 5.91 Å². The summed E-state index contributed by atoms with van der Waals surface area (Å²) in [6, 6.07) is 0.599. The van der Waals surface area contributed by atoms with Gasteiger partial charge in [-0.2, -0.15) is 0 Å². The van der Waals surface area contributed by atoms with Gasteiger partial charge in [0.1, 0.15) is 30.0 Å². The Morgan fingerprint density at radius 2 is 2.02 bits per heavy atom. The van der Waals surface area contributed by atoms with Crippen molar-refractivity contribution in [1.29, 1.82) is 0 Å². The van der Waals surface area contributed by atoms with Crippen LogP contribution in [0.5, 0.6) is 0 Å². The van der Waals surface area contributed by atoms with E-state index in [2.05, 4.69) is 20.8 Å². The van der Waals surface area contributed by atoms with Crippen LogP contribution in [-0.2, 0) is 30.3 Å². The summed E-state index contributed by atoms with van der Waals surface area (Å²) >= 11 is 0. The monoisotopic (exact) mass is 667 g/mol. The van der Waals surface area contributed by atoms with Gasteiger partial charge >= 0.3 is 12.1 Å². The zero-order chi connectivity index (χ0) is 34.8. The Balaban J connectivity index is 1.54. The molecular weight excluding hydrogens is 626 g/mol. The number of carbonyl (C=O) groups excluding carboxylic acids is 5. The molecule has 0 aliphatic carbocycles. The van der Waals surface area contributed by atoms with Crippen molar-refractivity contribution in [3.8, 4) is 0 Å². The van der Waals surface area contributed by atoms with Gasteiger partial charge in [-0.25, -0.2) is 14.6 Å². The van der Waals surface area contributed by atoms with E-state index in [-0.39, 0.29) is 55.7 Å². The van der Waals surface area contributed by atoms with Crippen molar-refractivity contribution in [2.75, 3.05) is 25.0 Å². The molecule has 5 atom stereocenters. The second-order valence-electron chi connectivity index (χ2n) is 12.0. The van der Waals surface area contributed by atoms with Crippen LogP contribution in [0.3, 0.4) is 0 Å². The quantitative estimate of drug-likeness (QED) is 0.403. The highest BCUT2D eigenvalue weighted by Gasteiger charge is 2.39. The van der Waals surface area contributed by atoms with Gasteiger partial charge in [-0.3, -0.25) is 19.7 Å². The van der Waals surface area contributed by atoms with E-state index in [1.165, 1.54) is 23.1 Å². The molecule has 0 spiro atoms. The normalized spacial score (nSPS) is 26.4. The molecule has 0 aromatic carbocycles. The summed E-state index contributed by atoms with van der Waals surface area (Å²) in [6.07, 6.45) is 6.74. The van der Waals surface area contributed by atoms with Gasteiger partial charge in [0.05, 0.1) is 19.1 Å². The SMILES string of the molecule is CC1=C\[C@@H](O)CC(=O)Cc2nc(co2)C(=O)N2CCC[C@@H]2C(=O)O[C@H]([C@H](C)COC(=O)Nc2cc(C)on2)[C@H](C)/C=C/C(=O)NC\C=C\1. The first-order chi connectivity index (χ1) is 22.9. The Bertz CT molecular complexity index is 1570. The molecule has 1 fully saturated rings. The zero-order valence-corrected chi connectivity index (χ0v) is 27.3. The average Bonchev–Trinajstić information content (AvgIpc) is 3.80. The molecule has 4 rings (SSSR count). The molecule has 2 aromatic rings. The molecule has 0 unspecified atom stereocenters. The Morgan fingerprint density at radius 3 is 2.77 bits per heavy atom. The number of Topliss-reactive ketones (excluding diaryl/α,β-unsaturated/α-hetero) is 1. The van der Waals surface area contributed by atoms with Crippen LogP contribution in [0.1, 0.15) is 62.2 Å². The lowest BCUT2D eigenvalue weighted by Crippen LogP contribution is -2.44. The Kier molecular flexibility index (Phi) is 12.4. The molecule has 0 saturated carbocycles. The average molecular weight is 668 g/mol. The lowest BCUT2D eigenvalue weighted by atomic mass is 9.93. The fourth-order valence-corrected chi connectivity index (χ4v) is 5.42. The molecule has 4 heterocycles. The van der Waals surface area contributed by atoms with Crippen molar-refractivity contribution < 1.29 is 47.5 Å². The van der Waals surface area contributed by atoms with Gasteiger partial charge < -0.3 is 33.7 Å². The highest BCUT2D eigenvalue weighted by molar-refractivity contribution is 5.95. The molecule has 258 valence electrons. The highest BCUT2D eigenvalue weighted by atomic mass is 16.6. The number of anilines is 1. The number of aliphatic hydroxyl groups is 1. The minimum Gasteiger partial charge on any atom is -0.460 e. The van der Waals surface area contributed by atoms with Crippen LogP contribution in [0.15, 0.2) is 57.2 Å². The summed E-state index contributed by atoms with van der Waals surface area (Å²) in [6.45, 7) is 7.23. The van der Waals surface area contributed by atoms with Crippen molar-refractivity contribution in [2.45, 2.75) is 71.6 Å². The molecule has 2 bridgehead atoms. The number of nitrogens with one attached hydrogen (secondary N) is 2. The molecule has 15 heteroatoms. The van der Waals surface area contributed by atoms with Crippen LogP contribution in [0.2, 0.25) is 0 Å². The van der Waals surface area contributed by atoms with Crippen LogP contribution in [0.4, 0.5) is 10.6 Å². The first-order valence-electron chi connectivity index (χ1n) is 15.7. The van der Waals surface area contributed by atoms with Crippen molar-refractivity contribution in [2.24, 2.45) is 11.8 Å². The van der Waals surface area contributed by atoms with Crippen LogP contribution in [0.25, 0.3) is 0 Å². The third-order valence-electron chi connectivity index (χ3n) is 7.79. The number of allylic oxidation sites excluding steroid dienone is 2. The van der Waals surface area contributed by atoms with E-state index >= 15 is 0 Å². The molecule has 0 radical (unpaired) electrons. The first kappa shape index (κ1) is 35.8. The number of aromatic nitrogens is 2. The number of aryl methyl sites for hydroxylation is 1. The Labute approximate surface area is 277 Å². The molecule has 3 amide bonds. The summed E-state index contributed by atoms with van der Waals surface area (Å²) < 4.78 is 21.7. The number of aliphatic hydroxyl groups excluding tert-OH is 1. The van der Waals surface area contributed by atoms with Gasteiger partial charge in [-0.1, -0.05) is 48.9 Å². The van der Waals surface area contributed by atoms with Gasteiger partial charge in [0.2, 0.25) is 11.8 Å². The van der Waals surface area contributed by atoms with Gasteiger partial charge in [0, 0.05) is 37.4 Å². The molecule has 3 N–H and O–H groups in total. The molecule has 15 nitrogen and oxygen atoms in total. The van der Waals surface area contributed by atoms with Crippen molar-refractivity contribution in [3.63, 3.8) is 0 Å². The molecule has 2 aliphatic rings. The van der Waals surface area contributed by atoms with E-state index in [1.54, 1.807) is 45.9 Å². The Morgan fingerprint density at radius 1 is 1.23 bits per heavy atom. The smallest absolute Gasteiger partial charge is 0.412 e. The lowest BCUT2D eigenvalue weighted by Gasteiger charge is -2.30. The van der Waals surface area contributed by atoms with Crippen LogP contribution < -0.4 is 10.6 Å². The van der Waals surface area contributed by atoms with E-state index in [1.807, 2.05) is 0 Å². The summed E-state index contributed by atoms with van der Waals surface area (Å²) in [5.74, 6) is -2.31. The van der Waals surface area contributed by atoms with Gasteiger partial charge in [-0.15, -0.1) is 0 Å². The van der Waals surface area contributed by atoms with E-state index < -0.39 is 54.0 Å². The van der Waals surface area contributed by atoms with Crippen LogP contribution in [0, 0.1) is 18.8 Å². The molecule has 2 aliphatic heterocycles.